The zero-order valence-corrected chi connectivity index (χ0v) is 20.0. The molecule has 0 aliphatic rings. The molecule has 2 heterocycles. The van der Waals surface area contributed by atoms with E-state index < -0.39 is 23.3 Å². The highest BCUT2D eigenvalue weighted by molar-refractivity contribution is 7.12. The highest BCUT2D eigenvalue weighted by atomic mass is 35.5. The van der Waals surface area contributed by atoms with E-state index in [1.54, 1.807) is 23.6 Å². The number of hydrogen-bond acceptors (Lipinski definition) is 4. The molecule has 176 valence electrons. The molecule has 0 bridgehead atoms. The molecular weight excluding hydrogens is 508 g/mol. The zero-order valence-electron chi connectivity index (χ0n) is 17.7. The van der Waals surface area contributed by atoms with Crippen molar-refractivity contribution in [1.29, 1.82) is 0 Å². The predicted octanol–water partition coefficient (Wildman–Crippen LogP) is 6.60. The van der Waals surface area contributed by atoms with Crippen LogP contribution in [0.4, 0.5) is 13.2 Å². The number of carbonyl (C=O) groups is 1. The lowest BCUT2D eigenvalue weighted by molar-refractivity contribution is -0.143. The molecule has 0 aliphatic carbocycles. The molecule has 0 fully saturated rings. The Kier molecular flexibility index (Phi) is 6.97. The maximum atomic E-state index is 13.9. The van der Waals surface area contributed by atoms with E-state index in [2.05, 4.69) is 15.4 Å². The third-order valence-electron chi connectivity index (χ3n) is 5.00. The van der Waals surface area contributed by atoms with Crippen LogP contribution in [0.5, 0.6) is 0 Å². The first-order valence-electron chi connectivity index (χ1n) is 10.0. The topological polar surface area (TPSA) is 59.8 Å². The summed E-state index contributed by atoms with van der Waals surface area (Å²) in [6.07, 6.45) is -3.59. The molecule has 1 amide bonds. The summed E-state index contributed by atoms with van der Waals surface area (Å²) < 4.78 is 42.5. The summed E-state index contributed by atoms with van der Waals surface area (Å²) in [5.74, 6) is -0.890. The van der Waals surface area contributed by atoms with E-state index in [-0.39, 0.29) is 11.7 Å². The quantitative estimate of drug-likeness (QED) is 0.309. The first-order chi connectivity index (χ1) is 16.1. The van der Waals surface area contributed by atoms with Crippen LogP contribution >= 0.6 is 34.5 Å². The van der Waals surface area contributed by atoms with Crippen molar-refractivity contribution in [2.24, 2.45) is 0 Å². The van der Waals surface area contributed by atoms with Crippen LogP contribution in [0.1, 0.15) is 27.2 Å². The number of alkyl halides is 3. The van der Waals surface area contributed by atoms with Gasteiger partial charge in [0.2, 0.25) is 5.13 Å². The fourth-order valence-electron chi connectivity index (χ4n) is 3.28. The van der Waals surface area contributed by atoms with Crippen LogP contribution in [-0.4, -0.2) is 27.2 Å². The predicted molar refractivity (Wildman–Crippen MR) is 127 cm³/mol. The fraction of sp³-hybridized carbons (Fsp3) is 0.174. The molecule has 0 radical (unpaired) electrons. The lowest BCUT2D eigenvalue weighted by Gasteiger charge is -2.11. The first kappa shape index (κ1) is 24.3. The number of aromatic nitrogens is 3. The van der Waals surface area contributed by atoms with Gasteiger partial charge in [0.25, 0.3) is 5.91 Å². The Hall–Kier alpha value is -2.88. The van der Waals surface area contributed by atoms with Gasteiger partial charge < -0.3 is 5.32 Å². The van der Waals surface area contributed by atoms with E-state index in [1.807, 2.05) is 31.2 Å². The summed E-state index contributed by atoms with van der Waals surface area (Å²) in [7, 11) is 0. The minimum atomic E-state index is -4.82. The van der Waals surface area contributed by atoms with E-state index in [9.17, 15) is 18.0 Å². The number of rotatable bonds is 6. The number of aryl methyl sites for hydroxylation is 1. The van der Waals surface area contributed by atoms with Crippen molar-refractivity contribution >= 4 is 40.4 Å². The van der Waals surface area contributed by atoms with Gasteiger partial charge in [-0.2, -0.15) is 18.3 Å². The average Bonchev–Trinajstić information content (AvgIpc) is 3.43. The second kappa shape index (κ2) is 9.77. The highest BCUT2D eigenvalue weighted by Gasteiger charge is 2.41. The van der Waals surface area contributed by atoms with E-state index in [1.165, 1.54) is 0 Å². The van der Waals surface area contributed by atoms with Gasteiger partial charge in [-0.3, -0.25) is 4.79 Å². The van der Waals surface area contributed by atoms with Gasteiger partial charge in [-0.25, -0.2) is 9.67 Å². The number of halogens is 5. The Morgan fingerprint density at radius 1 is 1.15 bits per heavy atom. The molecule has 0 saturated carbocycles. The van der Waals surface area contributed by atoms with Gasteiger partial charge >= 0.3 is 6.18 Å². The molecule has 2 aromatic carbocycles. The molecule has 0 spiro atoms. The van der Waals surface area contributed by atoms with Crippen LogP contribution in [-0.2, 0) is 12.6 Å². The molecule has 2 aromatic heterocycles. The van der Waals surface area contributed by atoms with Crippen molar-refractivity contribution in [3.05, 3.63) is 86.5 Å². The summed E-state index contributed by atoms with van der Waals surface area (Å²) in [5.41, 5.74) is 1.30. The molecule has 1 N–H and O–H groups in total. The van der Waals surface area contributed by atoms with E-state index >= 15 is 0 Å². The molecule has 0 saturated heterocycles. The number of thiazole rings is 1. The van der Waals surface area contributed by atoms with Gasteiger partial charge in [-0.15, -0.1) is 11.3 Å². The lowest BCUT2D eigenvalue weighted by Crippen LogP contribution is -2.28. The summed E-state index contributed by atoms with van der Waals surface area (Å²) in [4.78, 5) is 16.9. The normalized spacial score (nSPS) is 11.6. The molecule has 4 aromatic rings. The van der Waals surface area contributed by atoms with Crippen molar-refractivity contribution in [3.63, 3.8) is 0 Å². The number of nitrogens with one attached hydrogen (secondary N) is 1. The smallest absolute Gasteiger partial charge is 0.352 e. The zero-order chi connectivity index (χ0) is 24.5. The number of nitrogens with zero attached hydrogens (tertiary/aromatic N) is 3. The van der Waals surface area contributed by atoms with Crippen LogP contribution in [0.3, 0.4) is 0 Å². The fourth-order valence-corrected chi connectivity index (χ4v) is 4.58. The Balaban J connectivity index is 1.56. The van der Waals surface area contributed by atoms with Crippen LogP contribution in [0.2, 0.25) is 10.0 Å². The SMILES string of the molecule is Cc1ccc(-c2csc(-n3ncc(C(=O)NCCc4ccc(Cl)cc4Cl)c3C(F)(F)F)n2)cc1. The van der Waals surface area contributed by atoms with Gasteiger partial charge in [0.05, 0.1) is 17.5 Å². The Bertz CT molecular complexity index is 1330. The minimum Gasteiger partial charge on any atom is -0.352 e. The third kappa shape index (κ3) is 5.27. The van der Waals surface area contributed by atoms with Crippen LogP contribution in [0, 0.1) is 6.92 Å². The number of benzene rings is 2. The third-order valence-corrected chi connectivity index (χ3v) is 6.40. The number of hydrogen-bond donors (Lipinski definition) is 1. The minimum absolute atomic E-state index is 0.00916. The molecule has 11 heteroatoms. The largest absolute Gasteiger partial charge is 0.434 e. The van der Waals surface area contributed by atoms with Crippen molar-refractivity contribution in [2.75, 3.05) is 6.54 Å². The molecular formula is C23H17Cl2F3N4OS. The Labute approximate surface area is 207 Å². The molecule has 0 unspecified atom stereocenters. The lowest BCUT2D eigenvalue weighted by atomic mass is 10.1. The summed E-state index contributed by atoms with van der Waals surface area (Å²) in [6.45, 7) is 2.02. The second-order valence-corrected chi connectivity index (χ2v) is 9.12. The van der Waals surface area contributed by atoms with Crippen molar-refractivity contribution in [2.45, 2.75) is 19.5 Å². The summed E-state index contributed by atoms with van der Waals surface area (Å²) >= 11 is 13.0. The summed E-state index contributed by atoms with van der Waals surface area (Å²) in [5, 5.41) is 8.88. The highest BCUT2D eigenvalue weighted by Crippen LogP contribution is 2.35. The molecule has 5 nitrogen and oxygen atoms in total. The van der Waals surface area contributed by atoms with E-state index in [0.717, 1.165) is 28.7 Å². The summed E-state index contributed by atoms with van der Waals surface area (Å²) in [6, 6.07) is 12.4. The maximum absolute atomic E-state index is 13.9. The Morgan fingerprint density at radius 2 is 1.88 bits per heavy atom. The average molecular weight is 525 g/mol. The molecule has 0 aliphatic heterocycles. The first-order valence-corrected chi connectivity index (χ1v) is 11.7. The standard InChI is InChI=1S/C23H17Cl2F3N4OS/c1-13-2-4-15(5-3-13)19-12-34-22(31-19)32-20(23(26,27)28)17(11-30-32)21(33)29-9-8-14-6-7-16(24)10-18(14)25/h2-7,10-12H,8-9H2,1H3,(H,29,33). The van der Waals surface area contributed by atoms with Gasteiger partial charge in [-0.05, 0) is 31.0 Å². The number of amides is 1. The van der Waals surface area contributed by atoms with Crippen molar-refractivity contribution < 1.29 is 18.0 Å². The van der Waals surface area contributed by atoms with Crippen molar-refractivity contribution in [1.82, 2.24) is 20.1 Å². The molecule has 34 heavy (non-hydrogen) atoms. The van der Waals surface area contributed by atoms with Crippen LogP contribution in [0.25, 0.3) is 16.4 Å². The van der Waals surface area contributed by atoms with Gasteiger partial charge in [0.1, 0.15) is 0 Å². The van der Waals surface area contributed by atoms with Gasteiger partial charge in [-0.1, -0.05) is 59.1 Å². The van der Waals surface area contributed by atoms with Crippen molar-refractivity contribution in [3.8, 4) is 16.4 Å². The molecule has 0 atom stereocenters. The van der Waals surface area contributed by atoms with Crippen LogP contribution < -0.4 is 5.32 Å². The van der Waals surface area contributed by atoms with E-state index in [0.29, 0.717) is 32.4 Å². The number of carbonyl (C=O) groups excluding carboxylic acids is 1. The van der Waals surface area contributed by atoms with Gasteiger partial charge in [0.15, 0.2) is 5.69 Å². The monoisotopic (exact) mass is 524 g/mol. The van der Waals surface area contributed by atoms with Crippen LogP contribution in [0.15, 0.2) is 54.0 Å². The van der Waals surface area contributed by atoms with Gasteiger partial charge in [0, 0.05) is 27.5 Å². The molecule has 4 rings (SSSR count). The second-order valence-electron chi connectivity index (χ2n) is 7.44. The van der Waals surface area contributed by atoms with E-state index in [4.69, 9.17) is 23.2 Å². The maximum Gasteiger partial charge on any atom is 0.434 e. The Morgan fingerprint density at radius 3 is 2.56 bits per heavy atom.